The molecule has 1 aromatic carbocycles. The predicted molar refractivity (Wildman–Crippen MR) is 90.3 cm³/mol. The standard InChI is InChI=1S/C15H19BrClNOS/c1-20-12-5-6-14(17)13(10-12)15(19)18-9-3-2-4-11(18)7-8-16/h5-6,10-11H,2-4,7-9H2,1H3. The summed E-state index contributed by atoms with van der Waals surface area (Å²) < 4.78 is 0. The number of likely N-dealkylation sites (tertiary alicyclic amines) is 1. The second-order valence-electron chi connectivity index (χ2n) is 4.97. The third-order valence-electron chi connectivity index (χ3n) is 3.73. The van der Waals surface area contributed by atoms with E-state index in [2.05, 4.69) is 15.9 Å². The van der Waals surface area contributed by atoms with Crippen LogP contribution in [0, 0.1) is 0 Å². The number of piperidine rings is 1. The summed E-state index contributed by atoms with van der Waals surface area (Å²) in [6.45, 7) is 0.844. The molecule has 1 amide bonds. The lowest BCUT2D eigenvalue weighted by Crippen LogP contribution is -2.44. The van der Waals surface area contributed by atoms with E-state index in [-0.39, 0.29) is 5.91 Å². The monoisotopic (exact) mass is 375 g/mol. The van der Waals surface area contributed by atoms with Gasteiger partial charge in [-0.2, -0.15) is 0 Å². The largest absolute Gasteiger partial charge is 0.336 e. The van der Waals surface area contributed by atoms with Gasteiger partial charge in [-0.15, -0.1) is 11.8 Å². The van der Waals surface area contributed by atoms with Crippen LogP contribution in [0.2, 0.25) is 5.02 Å². The number of amides is 1. The SMILES string of the molecule is CSc1ccc(Cl)c(C(=O)N2CCCCC2CCBr)c1. The van der Waals surface area contributed by atoms with Crippen LogP contribution in [0.3, 0.4) is 0 Å². The first-order chi connectivity index (χ1) is 9.67. The van der Waals surface area contributed by atoms with Gasteiger partial charge in [0.25, 0.3) is 5.91 Å². The van der Waals surface area contributed by atoms with Gasteiger partial charge in [0.05, 0.1) is 10.6 Å². The third kappa shape index (κ3) is 3.71. The van der Waals surface area contributed by atoms with Gasteiger partial charge < -0.3 is 4.90 Å². The number of benzene rings is 1. The smallest absolute Gasteiger partial charge is 0.255 e. The fourth-order valence-electron chi connectivity index (χ4n) is 2.64. The molecule has 0 bridgehead atoms. The Morgan fingerprint density at radius 1 is 1.50 bits per heavy atom. The first kappa shape index (κ1) is 16.2. The average molecular weight is 377 g/mol. The highest BCUT2D eigenvalue weighted by Crippen LogP contribution is 2.28. The normalized spacial score (nSPS) is 19.1. The maximum absolute atomic E-state index is 12.8. The van der Waals surface area contributed by atoms with Crippen molar-refractivity contribution in [2.75, 3.05) is 18.1 Å². The number of thioether (sulfide) groups is 1. The van der Waals surface area contributed by atoms with Gasteiger partial charge in [0, 0.05) is 22.8 Å². The van der Waals surface area contributed by atoms with Crippen LogP contribution >= 0.6 is 39.3 Å². The molecule has 1 aliphatic rings. The van der Waals surface area contributed by atoms with E-state index in [1.54, 1.807) is 11.8 Å². The Bertz CT molecular complexity index is 481. The highest BCUT2D eigenvalue weighted by atomic mass is 79.9. The van der Waals surface area contributed by atoms with Crippen molar-refractivity contribution in [1.29, 1.82) is 0 Å². The molecule has 1 aromatic rings. The Hall–Kier alpha value is -0.190. The zero-order valence-corrected chi connectivity index (χ0v) is 14.7. The summed E-state index contributed by atoms with van der Waals surface area (Å²) in [5, 5.41) is 1.48. The Labute approximate surface area is 138 Å². The fourth-order valence-corrected chi connectivity index (χ4v) is 3.81. The fraction of sp³-hybridized carbons (Fsp3) is 0.533. The first-order valence-corrected chi connectivity index (χ1v) is 9.60. The number of alkyl halides is 1. The van der Waals surface area contributed by atoms with Crippen molar-refractivity contribution in [3.63, 3.8) is 0 Å². The maximum Gasteiger partial charge on any atom is 0.255 e. The Kier molecular flexibility index (Phi) is 6.24. The van der Waals surface area contributed by atoms with Crippen LogP contribution in [0.4, 0.5) is 0 Å². The summed E-state index contributed by atoms with van der Waals surface area (Å²) in [5.74, 6) is 0.0801. The summed E-state index contributed by atoms with van der Waals surface area (Å²) >= 11 is 11.3. The zero-order valence-electron chi connectivity index (χ0n) is 11.6. The summed E-state index contributed by atoms with van der Waals surface area (Å²) in [6.07, 6.45) is 6.40. The van der Waals surface area contributed by atoms with Crippen molar-refractivity contribution in [2.45, 2.75) is 36.6 Å². The van der Waals surface area contributed by atoms with E-state index < -0.39 is 0 Å². The van der Waals surface area contributed by atoms with Crippen molar-refractivity contribution in [3.05, 3.63) is 28.8 Å². The molecule has 0 saturated carbocycles. The number of hydrogen-bond donors (Lipinski definition) is 0. The molecule has 1 heterocycles. The molecule has 2 rings (SSSR count). The third-order valence-corrected chi connectivity index (χ3v) is 5.25. The molecule has 1 fully saturated rings. The van der Waals surface area contributed by atoms with Gasteiger partial charge in [0.1, 0.15) is 0 Å². The Morgan fingerprint density at radius 3 is 3.00 bits per heavy atom. The molecule has 5 heteroatoms. The van der Waals surface area contributed by atoms with Crippen LogP contribution in [-0.4, -0.2) is 35.0 Å². The second-order valence-corrected chi connectivity index (χ2v) is 7.05. The molecule has 0 spiro atoms. The van der Waals surface area contributed by atoms with Gasteiger partial charge >= 0.3 is 0 Å². The van der Waals surface area contributed by atoms with Crippen LogP contribution < -0.4 is 0 Å². The van der Waals surface area contributed by atoms with Gasteiger partial charge in [-0.3, -0.25) is 4.79 Å². The molecule has 0 aliphatic carbocycles. The molecule has 1 unspecified atom stereocenters. The van der Waals surface area contributed by atoms with E-state index >= 15 is 0 Å². The Morgan fingerprint density at radius 2 is 2.30 bits per heavy atom. The molecule has 2 nitrogen and oxygen atoms in total. The predicted octanol–water partition coefficient (Wildman–Crippen LogP) is 4.84. The lowest BCUT2D eigenvalue weighted by atomic mass is 9.99. The van der Waals surface area contributed by atoms with Crippen molar-refractivity contribution < 1.29 is 4.79 Å². The summed E-state index contributed by atoms with van der Waals surface area (Å²) in [6, 6.07) is 6.03. The van der Waals surface area contributed by atoms with Crippen molar-refractivity contribution in [1.82, 2.24) is 4.90 Å². The van der Waals surface area contributed by atoms with Crippen molar-refractivity contribution in [3.8, 4) is 0 Å². The number of carbonyl (C=O) groups is 1. The van der Waals surface area contributed by atoms with Gasteiger partial charge in [-0.25, -0.2) is 0 Å². The highest BCUT2D eigenvalue weighted by Gasteiger charge is 2.28. The van der Waals surface area contributed by atoms with E-state index in [1.165, 1.54) is 6.42 Å². The zero-order chi connectivity index (χ0) is 14.5. The quantitative estimate of drug-likeness (QED) is 0.553. The van der Waals surface area contributed by atoms with Crippen LogP contribution in [0.1, 0.15) is 36.0 Å². The molecule has 1 atom stereocenters. The van der Waals surface area contributed by atoms with E-state index in [1.807, 2.05) is 29.4 Å². The van der Waals surface area contributed by atoms with Crippen LogP contribution in [-0.2, 0) is 0 Å². The first-order valence-electron chi connectivity index (χ1n) is 6.88. The number of rotatable bonds is 4. The molecule has 20 heavy (non-hydrogen) atoms. The maximum atomic E-state index is 12.8. The molecule has 1 saturated heterocycles. The lowest BCUT2D eigenvalue weighted by Gasteiger charge is -2.36. The van der Waals surface area contributed by atoms with Crippen molar-refractivity contribution in [2.24, 2.45) is 0 Å². The van der Waals surface area contributed by atoms with Gasteiger partial charge in [-0.1, -0.05) is 27.5 Å². The van der Waals surface area contributed by atoms with Crippen molar-refractivity contribution >= 4 is 45.2 Å². The summed E-state index contributed by atoms with van der Waals surface area (Å²) in [4.78, 5) is 15.9. The minimum absolute atomic E-state index is 0.0801. The molecular weight excluding hydrogens is 358 g/mol. The lowest BCUT2D eigenvalue weighted by molar-refractivity contribution is 0.0610. The molecular formula is C15H19BrClNOS. The summed E-state index contributed by atoms with van der Waals surface area (Å²) in [5.41, 5.74) is 0.639. The topological polar surface area (TPSA) is 20.3 Å². The minimum Gasteiger partial charge on any atom is -0.336 e. The van der Waals surface area contributed by atoms with E-state index in [0.717, 1.165) is 36.0 Å². The van der Waals surface area contributed by atoms with Crippen LogP contribution in [0.15, 0.2) is 23.1 Å². The molecule has 1 aliphatic heterocycles. The van der Waals surface area contributed by atoms with Crippen LogP contribution in [0.25, 0.3) is 0 Å². The van der Waals surface area contributed by atoms with Crippen LogP contribution in [0.5, 0.6) is 0 Å². The van der Waals surface area contributed by atoms with Gasteiger partial charge in [0.2, 0.25) is 0 Å². The van der Waals surface area contributed by atoms with Gasteiger partial charge in [-0.05, 0) is 50.1 Å². The molecule has 0 N–H and O–H groups in total. The van der Waals surface area contributed by atoms with Gasteiger partial charge in [0.15, 0.2) is 0 Å². The second kappa shape index (κ2) is 7.71. The Balaban J connectivity index is 2.24. The van der Waals surface area contributed by atoms with E-state index in [9.17, 15) is 4.79 Å². The number of carbonyl (C=O) groups excluding carboxylic acids is 1. The molecule has 110 valence electrons. The number of halogens is 2. The highest BCUT2D eigenvalue weighted by molar-refractivity contribution is 9.09. The minimum atomic E-state index is 0.0801. The number of nitrogens with zero attached hydrogens (tertiary/aromatic N) is 1. The van der Waals surface area contributed by atoms with E-state index in [0.29, 0.717) is 16.6 Å². The molecule has 0 radical (unpaired) electrons. The van der Waals surface area contributed by atoms with E-state index in [4.69, 9.17) is 11.6 Å². The molecule has 0 aromatic heterocycles. The summed E-state index contributed by atoms with van der Waals surface area (Å²) in [7, 11) is 0. The number of hydrogen-bond acceptors (Lipinski definition) is 2. The average Bonchev–Trinajstić information content (AvgIpc) is 2.48.